The highest BCUT2D eigenvalue weighted by Crippen LogP contribution is 2.30. The maximum atomic E-state index is 12.6. The number of para-hydroxylation sites is 2. The maximum absolute atomic E-state index is 12.6. The van der Waals surface area contributed by atoms with Crippen molar-refractivity contribution < 1.29 is 9.53 Å². The highest BCUT2D eigenvalue weighted by molar-refractivity contribution is 5.76. The second-order valence-corrected chi connectivity index (χ2v) is 7.73. The van der Waals surface area contributed by atoms with Gasteiger partial charge >= 0.3 is 0 Å². The Morgan fingerprint density at radius 2 is 1.81 bits per heavy atom. The lowest BCUT2D eigenvalue weighted by Crippen LogP contribution is -2.48. The lowest BCUT2D eigenvalue weighted by atomic mass is 9.86. The van der Waals surface area contributed by atoms with Crippen LogP contribution in [0, 0.1) is 5.92 Å². The summed E-state index contributed by atoms with van der Waals surface area (Å²) in [4.78, 5) is 17.0. The van der Waals surface area contributed by atoms with Gasteiger partial charge in [-0.15, -0.1) is 0 Å². The van der Waals surface area contributed by atoms with Gasteiger partial charge in [0, 0.05) is 32.6 Å². The van der Waals surface area contributed by atoms with Crippen molar-refractivity contribution in [2.75, 3.05) is 37.7 Å². The number of benzene rings is 1. The summed E-state index contributed by atoms with van der Waals surface area (Å²) in [6.07, 6.45) is 9.60. The van der Waals surface area contributed by atoms with Crippen LogP contribution in [0.5, 0.6) is 5.75 Å². The molecular formula is C22H34N2O2. The molecule has 0 spiro atoms. The number of hydrogen-bond donors (Lipinski definition) is 0. The van der Waals surface area contributed by atoms with Crippen molar-refractivity contribution in [3.63, 3.8) is 0 Å². The normalized spacial score (nSPS) is 18.8. The average Bonchev–Trinajstić information content (AvgIpc) is 2.71. The second-order valence-electron chi connectivity index (χ2n) is 7.73. The standard InChI is InChI=1S/C22H34N2O2/c1-2-18-26-21-11-7-6-10-20(21)23-14-16-24(17-15-23)22(25)13-12-19-8-4-3-5-9-19/h6-7,10-11,19H,2-5,8-9,12-18H2,1H3. The molecule has 1 saturated carbocycles. The Morgan fingerprint density at radius 1 is 1.08 bits per heavy atom. The van der Waals surface area contributed by atoms with Crippen molar-refractivity contribution in [2.45, 2.75) is 58.3 Å². The molecule has 1 aliphatic carbocycles. The van der Waals surface area contributed by atoms with E-state index in [-0.39, 0.29) is 0 Å². The van der Waals surface area contributed by atoms with E-state index in [2.05, 4.69) is 28.9 Å². The molecule has 0 N–H and O–H groups in total. The molecule has 0 aromatic heterocycles. The summed E-state index contributed by atoms with van der Waals surface area (Å²) in [5.41, 5.74) is 1.16. The van der Waals surface area contributed by atoms with Crippen LogP contribution in [0.25, 0.3) is 0 Å². The number of amides is 1. The zero-order valence-corrected chi connectivity index (χ0v) is 16.3. The van der Waals surface area contributed by atoms with E-state index in [9.17, 15) is 4.79 Å². The van der Waals surface area contributed by atoms with E-state index in [1.165, 1.54) is 32.1 Å². The lowest BCUT2D eigenvalue weighted by Gasteiger charge is -2.37. The number of ether oxygens (including phenoxy) is 1. The van der Waals surface area contributed by atoms with E-state index >= 15 is 0 Å². The fraction of sp³-hybridized carbons (Fsp3) is 0.682. The molecule has 4 heteroatoms. The highest BCUT2D eigenvalue weighted by atomic mass is 16.5. The summed E-state index contributed by atoms with van der Waals surface area (Å²) in [6, 6.07) is 8.27. The third-order valence-corrected chi connectivity index (χ3v) is 5.79. The lowest BCUT2D eigenvalue weighted by molar-refractivity contribution is -0.131. The average molecular weight is 359 g/mol. The van der Waals surface area contributed by atoms with Gasteiger partial charge in [-0.1, -0.05) is 51.2 Å². The van der Waals surface area contributed by atoms with Gasteiger partial charge in [0.15, 0.2) is 0 Å². The van der Waals surface area contributed by atoms with Crippen molar-refractivity contribution >= 4 is 11.6 Å². The van der Waals surface area contributed by atoms with Crippen LogP contribution in [0.4, 0.5) is 5.69 Å². The number of hydrogen-bond acceptors (Lipinski definition) is 3. The van der Waals surface area contributed by atoms with E-state index in [0.29, 0.717) is 5.91 Å². The molecule has 0 bridgehead atoms. The zero-order chi connectivity index (χ0) is 18.2. The Balaban J connectivity index is 1.47. The Labute approximate surface area is 158 Å². The van der Waals surface area contributed by atoms with Crippen molar-refractivity contribution in [1.29, 1.82) is 0 Å². The fourth-order valence-electron chi connectivity index (χ4n) is 4.21. The molecule has 1 aromatic rings. The topological polar surface area (TPSA) is 32.8 Å². The molecule has 0 unspecified atom stereocenters. The molecule has 1 aliphatic heterocycles. The minimum atomic E-state index is 0.353. The van der Waals surface area contributed by atoms with Gasteiger partial charge in [-0.05, 0) is 30.9 Å². The smallest absolute Gasteiger partial charge is 0.222 e. The second kappa shape index (κ2) is 9.84. The van der Waals surface area contributed by atoms with E-state index in [1.54, 1.807) is 0 Å². The van der Waals surface area contributed by atoms with Crippen LogP contribution >= 0.6 is 0 Å². The van der Waals surface area contributed by atoms with Crippen LogP contribution in [0.1, 0.15) is 58.3 Å². The summed E-state index contributed by atoms with van der Waals surface area (Å²) in [7, 11) is 0. The van der Waals surface area contributed by atoms with Gasteiger partial charge in [0.25, 0.3) is 0 Å². The minimum absolute atomic E-state index is 0.353. The predicted octanol–water partition coefficient (Wildman–Crippen LogP) is 4.48. The summed E-state index contributed by atoms with van der Waals surface area (Å²) in [5, 5.41) is 0. The number of rotatable bonds is 7. The Morgan fingerprint density at radius 3 is 2.54 bits per heavy atom. The molecule has 1 aromatic carbocycles. The number of carbonyl (C=O) groups is 1. The first-order chi connectivity index (χ1) is 12.8. The summed E-state index contributed by atoms with van der Waals surface area (Å²) >= 11 is 0. The Hall–Kier alpha value is -1.71. The molecule has 1 saturated heterocycles. The molecule has 144 valence electrons. The van der Waals surface area contributed by atoms with Crippen molar-refractivity contribution in [2.24, 2.45) is 5.92 Å². The Kier molecular flexibility index (Phi) is 7.22. The highest BCUT2D eigenvalue weighted by Gasteiger charge is 2.23. The van der Waals surface area contributed by atoms with E-state index < -0.39 is 0 Å². The van der Waals surface area contributed by atoms with Gasteiger partial charge in [-0.2, -0.15) is 0 Å². The number of nitrogens with zero attached hydrogens (tertiary/aromatic N) is 2. The van der Waals surface area contributed by atoms with E-state index in [0.717, 1.165) is 69.4 Å². The van der Waals surface area contributed by atoms with Crippen molar-refractivity contribution in [3.8, 4) is 5.75 Å². The molecule has 0 atom stereocenters. The molecule has 0 radical (unpaired) electrons. The molecule has 2 aliphatic rings. The van der Waals surface area contributed by atoms with Crippen LogP contribution in [0.15, 0.2) is 24.3 Å². The van der Waals surface area contributed by atoms with Gasteiger partial charge in [-0.3, -0.25) is 4.79 Å². The van der Waals surface area contributed by atoms with Gasteiger partial charge in [-0.25, -0.2) is 0 Å². The van der Waals surface area contributed by atoms with Crippen molar-refractivity contribution in [3.05, 3.63) is 24.3 Å². The van der Waals surface area contributed by atoms with Crippen molar-refractivity contribution in [1.82, 2.24) is 4.90 Å². The Bertz CT molecular complexity index is 561. The fourth-order valence-corrected chi connectivity index (χ4v) is 4.21. The molecule has 4 nitrogen and oxygen atoms in total. The van der Waals surface area contributed by atoms with Gasteiger partial charge in [0.2, 0.25) is 5.91 Å². The summed E-state index contributed by atoms with van der Waals surface area (Å²) in [5.74, 6) is 2.11. The monoisotopic (exact) mass is 358 g/mol. The zero-order valence-electron chi connectivity index (χ0n) is 16.3. The first-order valence-corrected chi connectivity index (χ1v) is 10.5. The molecule has 1 heterocycles. The SMILES string of the molecule is CCCOc1ccccc1N1CCN(C(=O)CCC2CCCCC2)CC1. The van der Waals surface area contributed by atoms with Gasteiger partial charge < -0.3 is 14.5 Å². The van der Waals surface area contributed by atoms with E-state index in [1.807, 2.05) is 12.1 Å². The molecular weight excluding hydrogens is 324 g/mol. The number of piperazine rings is 1. The molecule has 3 rings (SSSR count). The minimum Gasteiger partial charge on any atom is -0.491 e. The van der Waals surface area contributed by atoms with Crippen LogP contribution in [0.2, 0.25) is 0 Å². The number of anilines is 1. The quantitative estimate of drug-likeness (QED) is 0.720. The molecule has 26 heavy (non-hydrogen) atoms. The summed E-state index contributed by atoms with van der Waals surface area (Å²) < 4.78 is 5.90. The predicted molar refractivity (Wildman–Crippen MR) is 107 cm³/mol. The maximum Gasteiger partial charge on any atom is 0.222 e. The van der Waals surface area contributed by atoms with Gasteiger partial charge in [0.1, 0.15) is 5.75 Å². The largest absolute Gasteiger partial charge is 0.491 e. The molecule has 1 amide bonds. The molecule has 2 fully saturated rings. The van der Waals surface area contributed by atoms with Crippen LogP contribution in [0.3, 0.4) is 0 Å². The third-order valence-electron chi connectivity index (χ3n) is 5.79. The van der Waals surface area contributed by atoms with E-state index in [4.69, 9.17) is 4.74 Å². The van der Waals surface area contributed by atoms with Crippen LogP contribution in [-0.4, -0.2) is 43.6 Å². The summed E-state index contributed by atoms with van der Waals surface area (Å²) in [6.45, 7) is 6.30. The van der Waals surface area contributed by atoms with Crippen LogP contribution < -0.4 is 9.64 Å². The first-order valence-electron chi connectivity index (χ1n) is 10.5. The first kappa shape index (κ1) is 19.1. The van der Waals surface area contributed by atoms with Crippen LogP contribution in [-0.2, 0) is 4.79 Å². The number of carbonyl (C=O) groups excluding carboxylic acids is 1. The third kappa shape index (κ3) is 5.15. The van der Waals surface area contributed by atoms with Gasteiger partial charge in [0.05, 0.1) is 12.3 Å².